The average molecular weight is 403 g/mol. The summed E-state index contributed by atoms with van der Waals surface area (Å²) in [6.45, 7) is 4.09. The van der Waals surface area contributed by atoms with E-state index in [9.17, 15) is 18.0 Å². The minimum absolute atomic E-state index is 0.280. The van der Waals surface area contributed by atoms with Crippen LogP contribution in [0.5, 0.6) is 5.75 Å². The number of nitrogens with two attached hydrogens (primary N) is 1. The van der Waals surface area contributed by atoms with E-state index in [-0.39, 0.29) is 11.3 Å². The smallest absolute Gasteiger partial charge is 0.406 e. The lowest BCUT2D eigenvalue weighted by atomic mass is 9.98. The Morgan fingerprint density at radius 2 is 1.97 bits per heavy atom. The molecule has 5 nitrogen and oxygen atoms in total. The standard InChI is InChI=1S/C21H20F3N3O2/c1-3-17-19(14-7-6-9-16(11-14)29-21(22,23)24)18(20(25)28)13(2)27(17)12-15-8-4-5-10-26-15/h4-11H,3,12H2,1-2H3,(H2,25,28). The van der Waals surface area contributed by atoms with Gasteiger partial charge in [-0.3, -0.25) is 9.78 Å². The van der Waals surface area contributed by atoms with Crippen LogP contribution >= 0.6 is 0 Å². The molecule has 0 unspecified atom stereocenters. The topological polar surface area (TPSA) is 70.1 Å². The summed E-state index contributed by atoms with van der Waals surface area (Å²) in [7, 11) is 0. The van der Waals surface area contributed by atoms with Crippen molar-refractivity contribution in [1.82, 2.24) is 9.55 Å². The van der Waals surface area contributed by atoms with Gasteiger partial charge >= 0.3 is 6.36 Å². The number of halogens is 3. The molecule has 29 heavy (non-hydrogen) atoms. The largest absolute Gasteiger partial charge is 0.573 e. The molecule has 0 bridgehead atoms. The van der Waals surface area contributed by atoms with E-state index in [2.05, 4.69) is 9.72 Å². The molecule has 0 aliphatic heterocycles. The van der Waals surface area contributed by atoms with Crippen molar-refractivity contribution in [2.45, 2.75) is 33.2 Å². The van der Waals surface area contributed by atoms with Crippen molar-refractivity contribution in [3.05, 3.63) is 71.3 Å². The number of carbonyl (C=O) groups excluding carboxylic acids is 1. The van der Waals surface area contributed by atoms with E-state index in [1.54, 1.807) is 25.3 Å². The quantitative estimate of drug-likeness (QED) is 0.660. The van der Waals surface area contributed by atoms with Gasteiger partial charge < -0.3 is 15.0 Å². The van der Waals surface area contributed by atoms with Crippen LogP contribution in [0.15, 0.2) is 48.7 Å². The van der Waals surface area contributed by atoms with Crippen LogP contribution in [0.1, 0.15) is 34.4 Å². The molecule has 1 aromatic carbocycles. The highest BCUT2D eigenvalue weighted by Gasteiger charge is 2.31. The minimum atomic E-state index is -4.81. The Hall–Kier alpha value is -3.29. The van der Waals surface area contributed by atoms with E-state index in [0.29, 0.717) is 29.8 Å². The lowest BCUT2D eigenvalue weighted by Crippen LogP contribution is -2.17. The molecule has 8 heteroatoms. The van der Waals surface area contributed by atoms with Crippen LogP contribution < -0.4 is 10.5 Å². The molecule has 0 saturated carbocycles. The number of aromatic nitrogens is 2. The lowest BCUT2D eigenvalue weighted by Gasteiger charge is -2.13. The third-order valence-corrected chi connectivity index (χ3v) is 4.61. The van der Waals surface area contributed by atoms with Crippen molar-refractivity contribution < 1.29 is 22.7 Å². The van der Waals surface area contributed by atoms with Crippen LogP contribution in [-0.2, 0) is 13.0 Å². The second kappa shape index (κ2) is 7.98. The van der Waals surface area contributed by atoms with E-state index >= 15 is 0 Å². The van der Waals surface area contributed by atoms with Gasteiger partial charge in [0.05, 0.1) is 17.8 Å². The van der Waals surface area contributed by atoms with Crippen molar-refractivity contribution in [3.8, 4) is 16.9 Å². The predicted octanol–water partition coefficient (Wildman–Crippen LogP) is 4.47. The van der Waals surface area contributed by atoms with Crippen LogP contribution in [0.25, 0.3) is 11.1 Å². The summed E-state index contributed by atoms with van der Waals surface area (Å²) in [5, 5.41) is 0. The number of benzene rings is 1. The van der Waals surface area contributed by atoms with Crippen LogP contribution in [0.3, 0.4) is 0 Å². The van der Waals surface area contributed by atoms with E-state index < -0.39 is 12.3 Å². The Kier molecular flexibility index (Phi) is 5.63. The fourth-order valence-electron chi connectivity index (χ4n) is 3.49. The molecule has 1 amide bonds. The van der Waals surface area contributed by atoms with E-state index in [4.69, 9.17) is 5.73 Å². The molecule has 3 aromatic rings. The van der Waals surface area contributed by atoms with Gasteiger partial charge in [0.15, 0.2) is 0 Å². The van der Waals surface area contributed by atoms with Crippen LogP contribution in [0.2, 0.25) is 0 Å². The molecule has 0 radical (unpaired) electrons. The summed E-state index contributed by atoms with van der Waals surface area (Å²) >= 11 is 0. The van der Waals surface area contributed by atoms with Gasteiger partial charge in [-0.2, -0.15) is 0 Å². The molecule has 0 spiro atoms. The first kappa shape index (κ1) is 20.4. The van der Waals surface area contributed by atoms with E-state index in [0.717, 1.165) is 11.4 Å². The summed E-state index contributed by atoms with van der Waals surface area (Å²) in [6.07, 6.45) is -2.59. The summed E-state index contributed by atoms with van der Waals surface area (Å²) in [5.41, 5.74) is 9.08. The third kappa shape index (κ3) is 4.42. The molecule has 0 saturated heterocycles. The average Bonchev–Trinajstić information content (AvgIpc) is 2.93. The molecule has 152 valence electrons. The highest BCUT2D eigenvalue weighted by molar-refractivity contribution is 6.02. The molecular formula is C21H20F3N3O2. The van der Waals surface area contributed by atoms with Gasteiger partial charge in [-0.05, 0) is 43.2 Å². The molecule has 0 atom stereocenters. The van der Waals surface area contributed by atoms with Gasteiger partial charge in [0.25, 0.3) is 5.91 Å². The fourth-order valence-corrected chi connectivity index (χ4v) is 3.49. The van der Waals surface area contributed by atoms with Crippen molar-refractivity contribution in [3.63, 3.8) is 0 Å². The van der Waals surface area contributed by atoms with Gasteiger partial charge in [0.1, 0.15) is 5.75 Å². The van der Waals surface area contributed by atoms with Gasteiger partial charge in [-0.25, -0.2) is 0 Å². The molecular weight excluding hydrogens is 383 g/mol. The SMILES string of the molecule is CCc1c(-c2cccc(OC(F)(F)F)c2)c(C(N)=O)c(C)n1Cc1ccccn1. The third-order valence-electron chi connectivity index (χ3n) is 4.61. The molecule has 2 N–H and O–H groups in total. The first-order valence-electron chi connectivity index (χ1n) is 8.99. The van der Waals surface area contributed by atoms with E-state index in [1.165, 1.54) is 18.2 Å². The Bertz CT molecular complexity index is 1030. The highest BCUT2D eigenvalue weighted by atomic mass is 19.4. The van der Waals surface area contributed by atoms with Crippen molar-refractivity contribution in [2.75, 3.05) is 0 Å². The first-order chi connectivity index (χ1) is 13.7. The summed E-state index contributed by atoms with van der Waals surface area (Å²) in [4.78, 5) is 16.6. The summed E-state index contributed by atoms with van der Waals surface area (Å²) < 4.78 is 43.9. The number of amides is 1. The number of hydrogen-bond acceptors (Lipinski definition) is 3. The zero-order valence-corrected chi connectivity index (χ0v) is 16.0. The molecule has 0 aliphatic rings. The normalized spacial score (nSPS) is 11.5. The van der Waals surface area contributed by atoms with Crippen molar-refractivity contribution in [1.29, 1.82) is 0 Å². The monoisotopic (exact) mass is 403 g/mol. The van der Waals surface area contributed by atoms with Gasteiger partial charge in [0, 0.05) is 23.1 Å². The molecule has 0 aliphatic carbocycles. The van der Waals surface area contributed by atoms with Gasteiger partial charge in [0.2, 0.25) is 0 Å². The second-order valence-electron chi connectivity index (χ2n) is 6.48. The van der Waals surface area contributed by atoms with E-state index in [1.807, 2.05) is 23.6 Å². The molecule has 0 fully saturated rings. The molecule has 2 heterocycles. The number of carbonyl (C=O) groups is 1. The highest BCUT2D eigenvalue weighted by Crippen LogP contribution is 2.36. The van der Waals surface area contributed by atoms with Crippen LogP contribution in [-0.4, -0.2) is 21.8 Å². The number of pyridine rings is 1. The maximum absolute atomic E-state index is 12.6. The minimum Gasteiger partial charge on any atom is -0.406 e. The maximum atomic E-state index is 12.6. The lowest BCUT2D eigenvalue weighted by molar-refractivity contribution is -0.274. The Morgan fingerprint density at radius 3 is 2.55 bits per heavy atom. The Morgan fingerprint density at radius 1 is 1.21 bits per heavy atom. The fraction of sp³-hybridized carbons (Fsp3) is 0.238. The maximum Gasteiger partial charge on any atom is 0.573 e. The second-order valence-corrected chi connectivity index (χ2v) is 6.48. The Balaban J connectivity index is 2.17. The number of rotatable bonds is 6. The van der Waals surface area contributed by atoms with Crippen LogP contribution in [0.4, 0.5) is 13.2 Å². The van der Waals surface area contributed by atoms with Crippen molar-refractivity contribution in [2.24, 2.45) is 5.73 Å². The summed E-state index contributed by atoms with van der Waals surface area (Å²) in [6, 6.07) is 11.1. The number of primary amides is 1. The zero-order chi connectivity index (χ0) is 21.2. The first-order valence-corrected chi connectivity index (χ1v) is 8.99. The number of nitrogens with zero attached hydrogens (tertiary/aromatic N) is 2. The summed E-state index contributed by atoms with van der Waals surface area (Å²) in [5.74, 6) is -1.00. The van der Waals surface area contributed by atoms with Crippen molar-refractivity contribution >= 4 is 5.91 Å². The zero-order valence-electron chi connectivity index (χ0n) is 16.0. The van der Waals surface area contributed by atoms with Gasteiger partial charge in [-0.1, -0.05) is 25.1 Å². The Labute approximate surface area is 165 Å². The molecule has 3 rings (SSSR count). The van der Waals surface area contributed by atoms with Crippen LogP contribution in [0, 0.1) is 6.92 Å². The molecule has 2 aromatic heterocycles. The number of ether oxygens (including phenoxy) is 1. The van der Waals surface area contributed by atoms with Gasteiger partial charge in [-0.15, -0.1) is 13.2 Å². The number of alkyl halides is 3. The predicted molar refractivity (Wildman–Crippen MR) is 103 cm³/mol. The number of hydrogen-bond donors (Lipinski definition) is 1.